The van der Waals surface area contributed by atoms with Crippen molar-refractivity contribution >= 4 is 0 Å². The maximum Gasteiger partial charge on any atom is 0.272 e. The Hall–Kier alpha value is -1.23. The molecule has 4 N–H and O–H groups in total. The third-order valence-electron chi connectivity index (χ3n) is 3.14. The van der Waals surface area contributed by atoms with E-state index in [1.54, 1.807) is 4.68 Å². The van der Waals surface area contributed by atoms with Crippen molar-refractivity contribution in [3.63, 3.8) is 0 Å². The normalized spacial score (nSPS) is 18.2. The molecule has 0 atom stereocenters. The van der Waals surface area contributed by atoms with Gasteiger partial charge in [-0.15, -0.1) is 0 Å². The molecular weight excluding hydrogens is 194 g/mol. The molecule has 0 aromatic carbocycles. The summed E-state index contributed by atoms with van der Waals surface area (Å²) in [5.74, 6) is 0.0226. The zero-order chi connectivity index (χ0) is 10.8. The van der Waals surface area contributed by atoms with Crippen LogP contribution >= 0.6 is 0 Å². The molecule has 1 aromatic rings. The van der Waals surface area contributed by atoms with Gasteiger partial charge in [-0.2, -0.15) is 0 Å². The first-order valence-electron chi connectivity index (χ1n) is 5.46. The number of nitrogens with two attached hydrogens (primary N) is 1. The summed E-state index contributed by atoms with van der Waals surface area (Å²) in [6.45, 7) is 0.0842. The summed E-state index contributed by atoms with van der Waals surface area (Å²) in [5.41, 5.74) is 5.43. The summed E-state index contributed by atoms with van der Waals surface area (Å²) in [6, 6.07) is 0.228. The molecule has 1 aliphatic rings. The summed E-state index contributed by atoms with van der Waals surface area (Å²) in [7, 11) is 0. The molecule has 5 heteroatoms. The van der Waals surface area contributed by atoms with Gasteiger partial charge in [-0.1, -0.05) is 19.3 Å². The van der Waals surface area contributed by atoms with Gasteiger partial charge in [0.2, 0.25) is 5.88 Å². The van der Waals surface area contributed by atoms with Crippen LogP contribution in [0.5, 0.6) is 5.88 Å². The Bertz CT molecular complexity index is 388. The summed E-state index contributed by atoms with van der Waals surface area (Å²) < 4.78 is 1.59. The number of aromatic hydroxyl groups is 1. The van der Waals surface area contributed by atoms with Crippen molar-refractivity contribution in [1.29, 1.82) is 0 Å². The van der Waals surface area contributed by atoms with E-state index >= 15 is 0 Å². The predicted molar refractivity (Wildman–Crippen MR) is 56.7 cm³/mol. The molecule has 1 aliphatic carbocycles. The highest BCUT2D eigenvalue weighted by molar-refractivity contribution is 5.23. The molecule has 2 rings (SSSR count). The minimum Gasteiger partial charge on any atom is -0.493 e. The zero-order valence-corrected chi connectivity index (χ0v) is 8.70. The van der Waals surface area contributed by atoms with Gasteiger partial charge >= 0.3 is 0 Å². The van der Waals surface area contributed by atoms with Crippen LogP contribution in [0.4, 0.5) is 0 Å². The van der Waals surface area contributed by atoms with Crippen molar-refractivity contribution in [1.82, 2.24) is 9.78 Å². The second-order valence-electron chi connectivity index (χ2n) is 4.11. The van der Waals surface area contributed by atoms with E-state index in [1.165, 1.54) is 6.42 Å². The summed E-state index contributed by atoms with van der Waals surface area (Å²) >= 11 is 0. The lowest BCUT2D eigenvalue weighted by Crippen LogP contribution is -2.16. The third kappa shape index (κ3) is 1.79. The lowest BCUT2D eigenvalue weighted by atomic mass is 9.96. The quantitative estimate of drug-likeness (QED) is 0.678. The van der Waals surface area contributed by atoms with Crippen LogP contribution in [0.15, 0.2) is 4.79 Å². The average molecular weight is 211 g/mol. The molecule has 1 heterocycles. The molecule has 0 radical (unpaired) electrons. The smallest absolute Gasteiger partial charge is 0.272 e. The first-order chi connectivity index (χ1) is 7.24. The predicted octanol–water partition coefficient (Wildman–Crippen LogP) is 0.846. The molecule has 0 unspecified atom stereocenters. The van der Waals surface area contributed by atoms with Gasteiger partial charge in [0.15, 0.2) is 0 Å². The Kier molecular flexibility index (Phi) is 2.81. The van der Waals surface area contributed by atoms with Crippen molar-refractivity contribution < 1.29 is 5.11 Å². The fourth-order valence-electron chi connectivity index (χ4n) is 2.26. The van der Waals surface area contributed by atoms with Crippen LogP contribution in [0.25, 0.3) is 0 Å². The van der Waals surface area contributed by atoms with Gasteiger partial charge < -0.3 is 10.8 Å². The molecule has 1 saturated carbocycles. The van der Waals surface area contributed by atoms with E-state index in [9.17, 15) is 9.90 Å². The van der Waals surface area contributed by atoms with Crippen LogP contribution in [-0.4, -0.2) is 14.9 Å². The Labute approximate surface area is 87.9 Å². The molecule has 1 fully saturated rings. The van der Waals surface area contributed by atoms with Crippen molar-refractivity contribution in [2.45, 2.75) is 44.7 Å². The second kappa shape index (κ2) is 4.10. The van der Waals surface area contributed by atoms with Gasteiger partial charge in [0, 0.05) is 6.54 Å². The maximum absolute atomic E-state index is 11.4. The largest absolute Gasteiger partial charge is 0.493 e. The second-order valence-corrected chi connectivity index (χ2v) is 4.11. The van der Waals surface area contributed by atoms with Gasteiger partial charge in [-0.05, 0) is 12.8 Å². The number of hydrogen-bond donors (Lipinski definition) is 3. The van der Waals surface area contributed by atoms with Gasteiger partial charge in [0.05, 0.1) is 11.6 Å². The van der Waals surface area contributed by atoms with E-state index in [0.717, 1.165) is 25.7 Å². The van der Waals surface area contributed by atoms with E-state index in [1.807, 2.05) is 0 Å². The summed E-state index contributed by atoms with van der Waals surface area (Å²) in [5, 5.41) is 12.5. The van der Waals surface area contributed by atoms with Gasteiger partial charge in [0.1, 0.15) is 0 Å². The number of nitrogens with zero attached hydrogens (tertiary/aromatic N) is 1. The van der Waals surface area contributed by atoms with Crippen LogP contribution in [0, 0.1) is 0 Å². The lowest BCUT2D eigenvalue weighted by molar-refractivity contribution is 0.288. The molecule has 15 heavy (non-hydrogen) atoms. The first kappa shape index (κ1) is 10.3. The van der Waals surface area contributed by atoms with Gasteiger partial charge in [0.25, 0.3) is 5.56 Å². The Balaban J connectivity index is 2.31. The van der Waals surface area contributed by atoms with Crippen molar-refractivity contribution in [2.24, 2.45) is 5.73 Å². The van der Waals surface area contributed by atoms with Gasteiger partial charge in [-0.25, -0.2) is 0 Å². The Morgan fingerprint density at radius 3 is 2.60 bits per heavy atom. The van der Waals surface area contributed by atoms with E-state index in [2.05, 4.69) is 5.10 Å². The highest BCUT2D eigenvalue weighted by atomic mass is 16.3. The van der Waals surface area contributed by atoms with Crippen molar-refractivity contribution in [3.05, 3.63) is 15.9 Å². The lowest BCUT2D eigenvalue weighted by Gasteiger charge is -2.23. The monoisotopic (exact) mass is 211 g/mol. The van der Waals surface area contributed by atoms with E-state index in [4.69, 9.17) is 5.73 Å². The number of nitrogens with one attached hydrogen (secondary N) is 1. The van der Waals surface area contributed by atoms with E-state index < -0.39 is 0 Å². The summed E-state index contributed by atoms with van der Waals surface area (Å²) in [4.78, 5) is 11.4. The highest BCUT2D eigenvalue weighted by Gasteiger charge is 2.21. The minimum atomic E-state index is -0.263. The molecular formula is C10H17N3O2. The number of H-pyrrole nitrogens is 1. The molecule has 0 bridgehead atoms. The van der Waals surface area contributed by atoms with Crippen LogP contribution in [0.3, 0.4) is 0 Å². The minimum absolute atomic E-state index is 0.0226. The number of hydrogen-bond acceptors (Lipinski definition) is 3. The maximum atomic E-state index is 11.4. The van der Waals surface area contributed by atoms with E-state index in [0.29, 0.717) is 5.56 Å². The molecule has 84 valence electrons. The third-order valence-corrected chi connectivity index (χ3v) is 3.14. The zero-order valence-electron chi connectivity index (χ0n) is 8.70. The molecule has 1 aromatic heterocycles. The Morgan fingerprint density at radius 2 is 2.07 bits per heavy atom. The Morgan fingerprint density at radius 1 is 1.40 bits per heavy atom. The molecule has 0 amide bonds. The van der Waals surface area contributed by atoms with Crippen LogP contribution < -0.4 is 11.3 Å². The summed E-state index contributed by atoms with van der Waals surface area (Å²) in [6.07, 6.45) is 5.58. The topological polar surface area (TPSA) is 84.0 Å². The molecule has 0 spiro atoms. The fourth-order valence-corrected chi connectivity index (χ4v) is 2.26. The standard InChI is InChI=1S/C10H17N3O2/c11-6-8-9(14)12-13(10(8)15)7-4-2-1-3-5-7/h7,15H,1-6,11H2,(H,12,14). The molecule has 0 saturated heterocycles. The van der Waals surface area contributed by atoms with Crippen LogP contribution in [0.1, 0.15) is 43.7 Å². The fraction of sp³-hybridized carbons (Fsp3) is 0.700. The number of rotatable bonds is 2. The first-order valence-corrected chi connectivity index (χ1v) is 5.46. The van der Waals surface area contributed by atoms with Crippen molar-refractivity contribution in [2.75, 3.05) is 0 Å². The highest BCUT2D eigenvalue weighted by Crippen LogP contribution is 2.30. The average Bonchev–Trinajstić information content (AvgIpc) is 2.55. The van der Waals surface area contributed by atoms with Gasteiger partial charge in [-0.3, -0.25) is 14.6 Å². The van der Waals surface area contributed by atoms with E-state index in [-0.39, 0.29) is 24.0 Å². The van der Waals surface area contributed by atoms with Crippen molar-refractivity contribution in [3.8, 4) is 5.88 Å². The number of aromatic nitrogens is 2. The number of aromatic amines is 1. The SMILES string of the molecule is NCc1c(O)n(C2CCCCC2)[nH]c1=O. The van der Waals surface area contributed by atoms with Crippen LogP contribution in [0.2, 0.25) is 0 Å². The molecule has 0 aliphatic heterocycles. The molecule has 5 nitrogen and oxygen atoms in total. The van der Waals surface area contributed by atoms with Crippen LogP contribution in [-0.2, 0) is 6.54 Å².